The van der Waals surface area contributed by atoms with Crippen LogP contribution in [0.3, 0.4) is 0 Å². The fourth-order valence-electron chi connectivity index (χ4n) is 3.02. The molecule has 2 amide bonds. The molecule has 1 unspecified atom stereocenters. The van der Waals surface area contributed by atoms with E-state index in [1.54, 1.807) is 18.2 Å². The SMILES string of the molecule is CNC(=O)C(NC(=O)c1cc(C(C)C)nc2ccccc12)c1ccc(F)c(F)c1. The van der Waals surface area contributed by atoms with E-state index in [2.05, 4.69) is 15.6 Å². The van der Waals surface area contributed by atoms with Gasteiger partial charge in [-0.1, -0.05) is 38.1 Å². The van der Waals surface area contributed by atoms with Crippen molar-refractivity contribution in [2.45, 2.75) is 25.8 Å². The zero-order valence-corrected chi connectivity index (χ0v) is 16.3. The second-order valence-electron chi connectivity index (χ2n) is 6.96. The molecule has 150 valence electrons. The smallest absolute Gasteiger partial charge is 0.252 e. The molecule has 0 aliphatic carbocycles. The molecule has 0 saturated heterocycles. The van der Waals surface area contributed by atoms with E-state index in [-0.39, 0.29) is 11.5 Å². The Kier molecular flexibility index (Phi) is 5.87. The lowest BCUT2D eigenvalue weighted by molar-refractivity contribution is -0.122. The lowest BCUT2D eigenvalue weighted by atomic mass is 10.0. The monoisotopic (exact) mass is 397 g/mol. The minimum Gasteiger partial charge on any atom is -0.357 e. The van der Waals surface area contributed by atoms with Crippen molar-refractivity contribution in [1.29, 1.82) is 0 Å². The van der Waals surface area contributed by atoms with Crippen LogP contribution in [0.15, 0.2) is 48.5 Å². The highest BCUT2D eigenvalue weighted by Crippen LogP contribution is 2.24. The van der Waals surface area contributed by atoms with Crippen LogP contribution in [0.5, 0.6) is 0 Å². The van der Waals surface area contributed by atoms with E-state index in [0.717, 1.165) is 17.8 Å². The van der Waals surface area contributed by atoms with Crippen molar-refractivity contribution >= 4 is 22.7 Å². The minimum absolute atomic E-state index is 0.0899. The van der Waals surface area contributed by atoms with Gasteiger partial charge in [0.25, 0.3) is 5.91 Å². The Morgan fingerprint density at radius 2 is 1.72 bits per heavy atom. The number of para-hydroxylation sites is 1. The molecule has 0 aliphatic heterocycles. The first-order valence-corrected chi connectivity index (χ1v) is 9.19. The lowest BCUT2D eigenvalue weighted by Gasteiger charge is -2.19. The average Bonchev–Trinajstić information content (AvgIpc) is 2.72. The summed E-state index contributed by atoms with van der Waals surface area (Å²) in [5.41, 5.74) is 1.89. The number of halogens is 2. The van der Waals surface area contributed by atoms with Crippen molar-refractivity contribution in [1.82, 2.24) is 15.6 Å². The van der Waals surface area contributed by atoms with Crippen LogP contribution in [0.4, 0.5) is 8.78 Å². The van der Waals surface area contributed by atoms with Crippen molar-refractivity contribution < 1.29 is 18.4 Å². The van der Waals surface area contributed by atoms with Crippen molar-refractivity contribution in [2.75, 3.05) is 7.05 Å². The molecule has 3 aromatic rings. The third-order valence-corrected chi connectivity index (χ3v) is 4.63. The second kappa shape index (κ2) is 8.34. The number of carbonyl (C=O) groups is 2. The van der Waals surface area contributed by atoms with Gasteiger partial charge >= 0.3 is 0 Å². The van der Waals surface area contributed by atoms with E-state index < -0.39 is 29.5 Å². The minimum atomic E-state index is -1.18. The predicted octanol–water partition coefficient (Wildman–Crippen LogP) is 3.85. The molecule has 0 bridgehead atoms. The van der Waals surface area contributed by atoms with Crippen LogP contribution < -0.4 is 10.6 Å². The van der Waals surface area contributed by atoms with Gasteiger partial charge in [-0.05, 0) is 35.7 Å². The summed E-state index contributed by atoms with van der Waals surface area (Å²) in [5.74, 6) is -3.10. The molecule has 3 rings (SSSR count). The van der Waals surface area contributed by atoms with Crippen LogP contribution in [-0.4, -0.2) is 23.8 Å². The van der Waals surface area contributed by atoms with Crippen LogP contribution in [0, 0.1) is 11.6 Å². The van der Waals surface area contributed by atoms with Crippen molar-refractivity contribution in [2.24, 2.45) is 0 Å². The molecule has 29 heavy (non-hydrogen) atoms. The molecule has 7 heteroatoms. The largest absolute Gasteiger partial charge is 0.357 e. The number of amides is 2. The summed E-state index contributed by atoms with van der Waals surface area (Å²) in [6, 6.07) is 10.8. The molecule has 0 saturated carbocycles. The summed E-state index contributed by atoms with van der Waals surface area (Å²) in [5, 5.41) is 5.71. The van der Waals surface area contributed by atoms with E-state index in [9.17, 15) is 18.4 Å². The molecule has 0 radical (unpaired) electrons. The number of pyridine rings is 1. The molecule has 1 heterocycles. The first-order chi connectivity index (χ1) is 13.8. The Labute approximate surface area is 167 Å². The zero-order valence-electron chi connectivity index (χ0n) is 16.3. The zero-order chi connectivity index (χ0) is 21.1. The molecule has 1 aromatic heterocycles. The Bertz CT molecular complexity index is 1080. The Morgan fingerprint density at radius 1 is 1.00 bits per heavy atom. The topological polar surface area (TPSA) is 71.1 Å². The van der Waals surface area contributed by atoms with Gasteiger partial charge in [-0.3, -0.25) is 14.6 Å². The molecule has 2 aromatic carbocycles. The number of aromatic nitrogens is 1. The van der Waals surface area contributed by atoms with Gasteiger partial charge in [0.15, 0.2) is 11.6 Å². The molecule has 0 spiro atoms. The molecule has 2 N–H and O–H groups in total. The highest BCUT2D eigenvalue weighted by atomic mass is 19.2. The third kappa shape index (κ3) is 4.23. The Hall–Kier alpha value is -3.35. The summed E-state index contributed by atoms with van der Waals surface area (Å²) >= 11 is 0. The number of nitrogens with zero attached hydrogens (tertiary/aromatic N) is 1. The van der Waals surface area contributed by atoms with Gasteiger partial charge in [0.1, 0.15) is 6.04 Å². The van der Waals surface area contributed by atoms with E-state index in [4.69, 9.17) is 0 Å². The van der Waals surface area contributed by atoms with Crippen LogP contribution in [0.1, 0.15) is 47.4 Å². The van der Waals surface area contributed by atoms with Crippen LogP contribution in [0.25, 0.3) is 10.9 Å². The van der Waals surface area contributed by atoms with Gasteiger partial charge < -0.3 is 10.6 Å². The number of hydrogen-bond donors (Lipinski definition) is 2. The molecule has 0 fully saturated rings. The highest BCUT2D eigenvalue weighted by Gasteiger charge is 2.25. The molecule has 5 nitrogen and oxygen atoms in total. The van der Waals surface area contributed by atoms with E-state index in [0.29, 0.717) is 16.5 Å². The van der Waals surface area contributed by atoms with Crippen molar-refractivity contribution in [3.05, 3.63) is 77.0 Å². The van der Waals surface area contributed by atoms with Crippen LogP contribution in [0.2, 0.25) is 0 Å². The predicted molar refractivity (Wildman–Crippen MR) is 106 cm³/mol. The Morgan fingerprint density at radius 3 is 2.38 bits per heavy atom. The van der Waals surface area contributed by atoms with E-state index >= 15 is 0 Å². The fourth-order valence-corrected chi connectivity index (χ4v) is 3.02. The Balaban J connectivity index is 2.04. The first kappa shape index (κ1) is 20.4. The quantitative estimate of drug-likeness (QED) is 0.687. The number of hydrogen-bond acceptors (Lipinski definition) is 3. The standard InChI is InChI=1S/C22H21F2N3O2/c1-12(2)19-11-15(14-6-4-5-7-18(14)26-19)21(28)27-20(22(29)25-3)13-8-9-16(23)17(24)10-13/h4-12,20H,1-3H3,(H,25,29)(H,27,28). The summed E-state index contributed by atoms with van der Waals surface area (Å²) in [6.45, 7) is 3.93. The van der Waals surface area contributed by atoms with Crippen LogP contribution in [-0.2, 0) is 4.79 Å². The number of fused-ring (bicyclic) bond motifs is 1. The van der Waals surface area contributed by atoms with Crippen molar-refractivity contribution in [3.63, 3.8) is 0 Å². The van der Waals surface area contributed by atoms with Gasteiger partial charge in [-0.2, -0.15) is 0 Å². The van der Waals surface area contributed by atoms with Gasteiger partial charge in [0.2, 0.25) is 5.91 Å². The van der Waals surface area contributed by atoms with Crippen molar-refractivity contribution in [3.8, 4) is 0 Å². The maximum atomic E-state index is 13.7. The lowest BCUT2D eigenvalue weighted by Crippen LogP contribution is -2.39. The van der Waals surface area contributed by atoms with Crippen LogP contribution >= 0.6 is 0 Å². The van der Waals surface area contributed by atoms with E-state index in [1.165, 1.54) is 13.1 Å². The number of carbonyl (C=O) groups excluding carboxylic acids is 2. The van der Waals surface area contributed by atoms with Gasteiger partial charge in [-0.15, -0.1) is 0 Å². The van der Waals surface area contributed by atoms with Gasteiger partial charge in [0.05, 0.1) is 11.1 Å². The second-order valence-corrected chi connectivity index (χ2v) is 6.96. The number of rotatable bonds is 5. The number of nitrogens with one attached hydrogen (secondary N) is 2. The summed E-state index contributed by atoms with van der Waals surface area (Å²) < 4.78 is 27.0. The summed E-state index contributed by atoms with van der Waals surface area (Å²) in [6.07, 6.45) is 0. The maximum absolute atomic E-state index is 13.7. The maximum Gasteiger partial charge on any atom is 0.252 e. The number of likely N-dealkylation sites (N-methyl/N-ethyl adjacent to an activating group) is 1. The third-order valence-electron chi connectivity index (χ3n) is 4.63. The van der Waals surface area contributed by atoms with Gasteiger partial charge in [0, 0.05) is 18.1 Å². The number of benzene rings is 2. The summed E-state index contributed by atoms with van der Waals surface area (Å²) in [7, 11) is 1.40. The molecule has 0 aliphatic rings. The van der Waals surface area contributed by atoms with E-state index in [1.807, 2.05) is 26.0 Å². The van der Waals surface area contributed by atoms with Gasteiger partial charge in [-0.25, -0.2) is 8.78 Å². The highest BCUT2D eigenvalue weighted by molar-refractivity contribution is 6.07. The average molecular weight is 397 g/mol. The summed E-state index contributed by atoms with van der Waals surface area (Å²) in [4.78, 5) is 30.0. The molecule has 1 atom stereocenters. The first-order valence-electron chi connectivity index (χ1n) is 9.19. The molecular formula is C22H21F2N3O2. The normalized spacial score (nSPS) is 12.1. The fraction of sp³-hybridized carbons (Fsp3) is 0.227. The molecular weight excluding hydrogens is 376 g/mol.